The number of halogens is 2. The van der Waals surface area contributed by atoms with Gasteiger partial charge in [0.15, 0.2) is 5.75 Å². The maximum absolute atomic E-state index is 12.1. The molecule has 4 heteroatoms. The molecule has 1 aromatic rings. The predicted molar refractivity (Wildman–Crippen MR) is 38.6 cm³/mol. The van der Waals surface area contributed by atoms with Crippen LogP contribution in [0.4, 0.5) is 4.39 Å². The fraction of sp³-hybridized carbons (Fsp3) is 0. The lowest BCUT2D eigenvalue weighted by molar-refractivity contribution is 0.418. The molecule has 1 N–H and O–H groups in total. The fourth-order valence-corrected chi connectivity index (χ4v) is 0.846. The van der Waals surface area contributed by atoms with Gasteiger partial charge in [0.2, 0.25) is 0 Å². The van der Waals surface area contributed by atoms with E-state index in [4.69, 9.17) is 5.11 Å². The van der Waals surface area contributed by atoms with Crippen LogP contribution in [-0.2, 0) is 0 Å². The summed E-state index contributed by atoms with van der Waals surface area (Å²) >= 11 is 1.93. The molecule has 0 fully saturated rings. The van der Waals surface area contributed by atoms with E-state index in [1.807, 2.05) is 22.6 Å². The van der Waals surface area contributed by atoms with Gasteiger partial charge in [-0.05, 0) is 28.7 Å². The molecule has 0 radical (unpaired) electrons. The summed E-state index contributed by atoms with van der Waals surface area (Å²) < 4.78 is 12.8. The molecule has 0 saturated carbocycles. The quantitative estimate of drug-likeness (QED) is 0.550. The number of aromatic hydroxyl groups is 1. The largest absolute Gasteiger partial charge is 0.504 e. The van der Waals surface area contributed by atoms with Crippen LogP contribution in [0.25, 0.3) is 0 Å². The second-order valence-corrected chi connectivity index (χ2v) is 2.71. The lowest BCUT2D eigenvalue weighted by Crippen LogP contribution is -1.82. The third kappa shape index (κ3) is 1.51. The maximum Gasteiger partial charge on any atom is 0.255 e. The van der Waals surface area contributed by atoms with E-state index < -0.39 is 11.7 Å². The van der Waals surface area contributed by atoms with Gasteiger partial charge in [0, 0.05) is 9.77 Å². The number of nitrogens with zero attached hydrogens (tertiary/aromatic N) is 1. The minimum absolute atomic E-state index is 0.401. The molecule has 48 valence electrons. The molecule has 2 nitrogen and oxygen atoms in total. The predicted octanol–water partition coefficient (Wildman–Crippen LogP) is 1.53. The van der Waals surface area contributed by atoms with Crippen molar-refractivity contribution in [2.45, 2.75) is 0 Å². The highest BCUT2D eigenvalue weighted by atomic mass is 127. The van der Waals surface area contributed by atoms with Crippen LogP contribution in [0.2, 0.25) is 0 Å². The van der Waals surface area contributed by atoms with Crippen LogP contribution in [0.1, 0.15) is 0 Å². The van der Waals surface area contributed by atoms with Gasteiger partial charge in [-0.15, -0.1) is 0 Å². The van der Waals surface area contributed by atoms with Crippen molar-refractivity contribution in [3.63, 3.8) is 0 Å². The second-order valence-electron chi connectivity index (χ2n) is 1.46. The van der Waals surface area contributed by atoms with Crippen molar-refractivity contribution in [2.24, 2.45) is 0 Å². The van der Waals surface area contributed by atoms with E-state index >= 15 is 0 Å². The zero-order valence-corrected chi connectivity index (χ0v) is 6.46. The van der Waals surface area contributed by atoms with E-state index in [2.05, 4.69) is 4.98 Å². The van der Waals surface area contributed by atoms with Gasteiger partial charge in [-0.3, -0.25) is 0 Å². The first-order chi connectivity index (χ1) is 4.20. The Morgan fingerprint density at radius 3 is 2.78 bits per heavy atom. The van der Waals surface area contributed by atoms with Gasteiger partial charge in [-0.1, -0.05) is 0 Å². The summed E-state index contributed by atoms with van der Waals surface area (Å²) in [5.74, 6) is -1.22. The van der Waals surface area contributed by atoms with E-state index in [9.17, 15) is 4.39 Å². The highest BCUT2D eigenvalue weighted by Gasteiger charge is 1.98. The third-order valence-electron chi connectivity index (χ3n) is 0.787. The van der Waals surface area contributed by atoms with Crippen LogP contribution < -0.4 is 0 Å². The van der Waals surface area contributed by atoms with Gasteiger partial charge in [0.05, 0.1) is 0 Å². The van der Waals surface area contributed by atoms with Crippen LogP contribution in [0, 0.1) is 9.52 Å². The molecular formula is C5H3FINO. The molecule has 0 aliphatic heterocycles. The Morgan fingerprint density at radius 1 is 1.67 bits per heavy atom. The smallest absolute Gasteiger partial charge is 0.255 e. The highest BCUT2D eigenvalue weighted by Crippen LogP contribution is 2.14. The normalized spacial score (nSPS) is 9.56. The summed E-state index contributed by atoms with van der Waals surface area (Å²) in [5, 5.41) is 8.66. The Hall–Kier alpha value is -0.390. The zero-order chi connectivity index (χ0) is 6.85. The Bertz CT molecular complexity index is 228. The molecule has 0 aromatic carbocycles. The summed E-state index contributed by atoms with van der Waals surface area (Å²) in [5.41, 5.74) is 0. The van der Waals surface area contributed by atoms with Crippen molar-refractivity contribution in [3.05, 3.63) is 21.8 Å². The van der Waals surface area contributed by atoms with E-state index in [0.29, 0.717) is 3.57 Å². The van der Waals surface area contributed by atoms with Gasteiger partial charge < -0.3 is 5.11 Å². The monoisotopic (exact) mass is 239 g/mol. The number of rotatable bonds is 0. The standard InChI is InChI=1S/C5H3FINO/c6-5-4(9)1-3(7)2-8-5/h1-2,9H. The van der Waals surface area contributed by atoms with Crippen molar-refractivity contribution < 1.29 is 9.50 Å². The molecule has 0 unspecified atom stereocenters. The van der Waals surface area contributed by atoms with Crippen LogP contribution in [-0.4, -0.2) is 10.1 Å². The van der Waals surface area contributed by atoms with Crippen molar-refractivity contribution in [2.75, 3.05) is 0 Å². The topological polar surface area (TPSA) is 33.1 Å². The summed E-state index contributed by atoms with van der Waals surface area (Å²) in [4.78, 5) is 3.25. The first-order valence-corrected chi connectivity index (χ1v) is 3.28. The average Bonchev–Trinajstić information content (AvgIpc) is 1.80. The number of pyridine rings is 1. The van der Waals surface area contributed by atoms with Crippen molar-refractivity contribution in [1.82, 2.24) is 4.98 Å². The molecule has 0 bridgehead atoms. The zero-order valence-electron chi connectivity index (χ0n) is 4.31. The Kier molecular flexibility index (Phi) is 1.84. The van der Waals surface area contributed by atoms with E-state index in [-0.39, 0.29) is 0 Å². The van der Waals surface area contributed by atoms with Crippen LogP contribution >= 0.6 is 22.6 Å². The maximum atomic E-state index is 12.1. The van der Waals surface area contributed by atoms with Crippen LogP contribution in [0.3, 0.4) is 0 Å². The molecule has 1 rings (SSSR count). The van der Waals surface area contributed by atoms with Crippen molar-refractivity contribution in [3.8, 4) is 5.75 Å². The molecule has 0 aliphatic carbocycles. The molecule has 1 heterocycles. The molecule has 9 heavy (non-hydrogen) atoms. The lowest BCUT2D eigenvalue weighted by atomic mass is 10.5. The van der Waals surface area contributed by atoms with Gasteiger partial charge in [-0.25, -0.2) is 4.98 Å². The fourth-order valence-electron chi connectivity index (χ4n) is 0.412. The summed E-state index contributed by atoms with van der Waals surface area (Å²) in [7, 11) is 0. The molecule has 0 saturated heterocycles. The molecule has 0 atom stereocenters. The van der Waals surface area contributed by atoms with Gasteiger partial charge in [-0.2, -0.15) is 4.39 Å². The Labute approximate surface area is 64.9 Å². The third-order valence-corrected chi connectivity index (χ3v) is 1.38. The summed E-state index contributed by atoms with van der Waals surface area (Å²) in [6.45, 7) is 0. The number of aromatic nitrogens is 1. The lowest BCUT2D eigenvalue weighted by Gasteiger charge is -1.91. The molecule has 0 spiro atoms. The molecule has 0 aliphatic rings. The van der Waals surface area contributed by atoms with Crippen molar-refractivity contribution >= 4 is 22.6 Å². The summed E-state index contributed by atoms with van der Waals surface area (Å²) in [6.07, 6.45) is 1.34. The Morgan fingerprint density at radius 2 is 2.33 bits per heavy atom. The van der Waals surface area contributed by atoms with Gasteiger partial charge in [0.25, 0.3) is 5.95 Å². The van der Waals surface area contributed by atoms with E-state index in [1.165, 1.54) is 12.3 Å². The second kappa shape index (κ2) is 2.47. The Balaban J connectivity index is 3.17. The van der Waals surface area contributed by atoms with Crippen molar-refractivity contribution in [1.29, 1.82) is 0 Å². The number of hydrogen-bond donors (Lipinski definition) is 1. The van der Waals surface area contributed by atoms with Gasteiger partial charge >= 0.3 is 0 Å². The first kappa shape index (κ1) is 6.73. The molecule has 0 amide bonds. The first-order valence-electron chi connectivity index (χ1n) is 2.20. The molecule has 1 aromatic heterocycles. The SMILES string of the molecule is Oc1cc(I)cnc1F. The van der Waals surface area contributed by atoms with Crippen LogP contribution in [0.15, 0.2) is 12.3 Å². The number of hydrogen-bond acceptors (Lipinski definition) is 2. The minimum Gasteiger partial charge on any atom is -0.504 e. The minimum atomic E-state index is -0.824. The highest BCUT2D eigenvalue weighted by molar-refractivity contribution is 14.1. The molecular weight excluding hydrogens is 236 g/mol. The average molecular weight is 239 g/mol. The van der Waals surface area contributed by atoms with Gasteiger partial charge in [0.1, 0.15) is 0 Å². The van der Waals surface area contributed by atoms with E-state index in [0.717, 1.165) is 0 Å². The van der Waals surface area contributed by atoms with Crippen LogP contribution in [0.5, 0.6) is 5.75 Å². The van der Waals surface area contributed by atoms with E-state index in [1.54, 1.807) is 0 Å². The summed E-state index contributed by atoms with van der Waals surface area (Å²) in [6, 6.07) is 1.31.